The summed E-state index contributed by atoms with van der Waals surface area (Å²) in [6, 6.07) is 0.190. The summed E-state index contributed by atoms with van der Waals surface area (Å²) in [6.07, 6.45) is 2.93. The maximum absolute atomic E-state index is 12.7. The molecule has 7 nitrogen and oxygen atoms in total. The van der Waals surface area contributed by atoms with Gasteiger partial charge in [0.05, 0.1) is 5.69 Å². The van der Waals surface area contributed by atoms with Crippen molar-refractivity contribution in [2.24, 2.45) is 5.92 Å². The van der Waals surface area contributed by atoms with E-state index in [0.29, 0.717) is 32.6 Å². The molecule has 0 bridgehead atoms. The van der Waals surface area contributed by atoms with Crippen molar-refractivity contribution in [3.05, 3.63) is 17.0 Å². The fourth-order valence-electron chi connectivity index (χ4n) is 3.77. The summed E-state index contributed by atoms with van der Waals surface area (Å²) >= 11 is 0. The molecule has 2 rings (SSSR count). The van der Waals surface area contributed by atoms with E-state index in [-0.39, 0.29) is 23.8 Å². The van der Waals surface area contributed by atoms with E-state index in [2.05, 4.69) is 10.5 Å². The number of hydrogen-bond acceptors (Lipinski definition) is 5. The minimum absolute atomic E-state index is 0.0477. The van der Waals surface area contributed by atoms with Gasteiger partial charge in [-0.1, -0.05) is 11.6 Å². The van der Waals surface area contributed by atoms with E-state index in [1.807, 2.05) is 39.6 Å². The molecule has 2 unspecified atom stereocenters. The highest BCUT2D eigenvalue weighted by Gasteiger charge is 2.29. The van der Waals surface area contributed by atoms with E-state index in [9.17, 15) is 9.59 Å². The van der Waals surface area contributed by atoms with Gasteiger partial charge in [0.15, 0.2) is 0 Å². The quantitative estimate of drug-likeness (QED) is 0.821. The number of likely N-dealkylation sites (N-methyl/N-ethyl adjacent to an activating group) is 1. The van der Waals surface area contributed by atoms with Gasteiger partial charge in [0.1, 0.15) is 5.76 Å². The molecule has 2 atom stereocenters. The third-order valence-corrected chi connectivity index (χ3v) is 5.62. The monoisotopic (exact) mass is 378 g/mol. The van der Waals surface area contributed by atoms with Gasteiger partial charge in [0.2, 0.25) is 11.8 Å². The van der Waals surface area contributed by atoms with E-state index >= 15 is 0 Å². The first-order valence-electron chi connectivity index (χ1n) is 10.0. The summed E-state index contributed by atoms with van der Waals surface area (Å²) in [4.78, 5) is 29.0. The molecule has 152 valence electrons. The van der Waals surface area contributed by atoms with Crippen LogP contribution in [-0.2, 0) is 16.1 Å². The Morgan fingerprint density at radius 3 is 2.59 bits per heavy atom. The lowest BCUT2D eigenvalue weighted by Gasteiger charge is -2.26. The van der Waals surface area contributed by atoms with Crippen molar-refractivity contribution in [3.8, 4) is 0 Å². The lowest BCUT2D eigenvalue weighted by atomic mass is 9.95. The zero-order valence-corrected chi connectivity index (χ0v) is 17.4. The van der Waals surface area contributed by atoms with E-state index in [4.69, 9.17) is 4.52 Å². The number of carbonyl (C=O) groups is 2. The Morgan fingerprint density at radius 2 is 2.00 bits per heavy atom. The maximum atomic E-state index is 12.7. The maximum Gasteiger partial charge on any atom is 0.226 e. The molecular weight excluding hydrogens is 344 g/mol. The van der Waals surface area contributed by atoms with Crippen molar-refractivity contribution < 1.29 is 14.1 Å². The average molecular weight is 379 g/mol. The lowest BCUT2D eigenvalue weighted by Crippen LogP contribution is -2.42. The molecular formula is C20H34N4O3. The van der Waals surface area contributed by atoms with Crippen LogP contribution in [0.5, 0.6) is 0 Å². The first-order chi connectivity index (χ1) is 12.9. The number of amides is 2. The van der Waals surface area contributed by atoms with Crippen LogP contribution in [0.2, 0.25) is 0 Å². The molecule has 7 heteroatoms. The highest BCUT2D eigenvalue weighted by Crippen LogP contribution is 2.21. The second kappa shape index (κ2) is 9.88. The van der Waals surface area contributed by atoms with Gasteiger partial charge in [-0.2, -0.15) is 0 Å². The fourth-order valence-corrected chi connectivity index (χ4v) is 3.77. The van der Waals surface area contributed by atoms with Crippen LogP contribution in [0.1, 0.15) is 56.5 Å². The van der Waals surface area contributed by atoms with Gasteiger partial charge in [0.25, 0.3) is 0 Å². The Hall–Kier alpha value is -1.89. The summed E-state index contributed by atoms with van der Waals surface area (Å²) < 4.78 is 5.23. The van der Waals surface area contributed by atoms with Crippen LogP contribution >= 0.6 is 0 Å². The van der Waals surface area contributed by atoms with Gasteiger partial charge in [0, 0.05) is 57.2 Å². The third-order valence-electron chi connectivity index (χ3n) is 5.62. The van der Waals surface area contributed by atoms with Gasteiger partial charge < -0.3 is 19.6 Å². The number of aromatic nitrogens is 1. The molecule has 2 heterocycles. The van der Waals surface area contributed by atoms with Crippen LogP contribution in [0.25, 0.3) is 0 Å². The molecule has 1 fully saturated rings. The average Bonchev–Trinajstić information content (AvgIpc) is 2.99. The Balaban J connectivity index is 2.01. The summed E-state index contributed by atoms with van der Waals surface area (Å²) in [5.41, 5.74) is 1.98. The molecule has 1 aliphatic rings. The molecule has 1 aromatic heterocycles. The smallest absolute Gasteiger partial charge is 0.226 e. The first-order valence-corrected chi connectivity index (χ1v) is 10.0. The van der Waals surface area contributed by atoms with E-state index in [0.717, 1.165) is 36.3 Å². The van der Waals surface area contributed by atoms with Gasteiger partial charge >= 0.3 is 0 Å². The van der Waals surface area contributed by atoms with E-state index < -0.39 is 0 Å². The van der Waals surface area contributed by atoms with Crippen LogP contribution in [0.15, 0.2) is 4.52 Å². The molecule has 0 spiro atoms. The van der Waals surface area contributed by atoms with Crippen molar-refractivity contribution in [3.63, 3.8) is 0 Å². The molecule has 0 aliphatic carbocycles. The minimum atomic E-state index is -0.207. The van der Waals surface area contributed by atoms with Crippen LogP contribution in [0, 0.1) is 19.8 Å². The van der Waals surface area contributed by atoms with Gasteiger partial charge in [-0.05, 0) is 40.5 Å². The highest BCUT2D eigenvalue weighted by atomic mass is 16.5. The van der Waals surface area contributed by atoms with Crippen molar-refractivity contribution in [1.29, 1.82) is 0 Å². The molecule has 0 radical (unpaired) electrons. The number of aryl methyl sites for hydroxylation is 2. The number of hydrogen-bond donors (Lipinski definition) is 1. The Morgan fingerprint density at radius 1 is 1.30 bits per heavy atom. The predicted octanol–water partition coefficient (Wildman–Crippen LogP) is 2.27. The number of nitrogens with zero attached hydrogens (tertiary/aromatic N) is 3. The Labute approximate surface area is 162 Å². The van der Waals surface area contributed by atoms with E-state index in [1.165, 1.54) is 0 Å². The van der Waals surface area contributed by atoms with Crippen molar-refractivity contribution >= 4 is 11.8 Å². The SMILES string of the molecule is CCN(CC)C(=O)C1CCCC(NCc2c(C)noc2C)CN(C)C(=O)C1. The molecule has 1 saturated heterocycles. The predicted molar refractivity (Wildman–Crippen MR) is 104 cm³/mol. The zero-order chi connectivity index (χ0) is 20.0. The summed E-state index contributed by atoms with van der Waals surface area (Å²) in [5.74, 6) is 0.786. The third kappa shape index (κ3) is 5.54. The molecule has 1 aromatic rings. The van der Waals surface area contributed by atoms with Crippen LogP contribution < -0.4 is 5.32 Å². The standard InChI is InChI=1S/C20H34N4O3/c1-6-24(7-2)20(26)16-9-8-10-17(13-23(5)19(25)11-16)21-12-18-14(3)22-27-15(18)4/h16-17,21H,6-13H2,1-5H3. The molecule has 0 aromatic carbocycles. The second-order valence-electron chi connectivity index (χ2n) is 7.50. The largest absolute Gasteiger partial charge is 0.361 e. The summed E-state index contributed by atoms with van der Waals surface area (Å²) in [7, 11) is 1.83. The van der Waals surface area contributed by atoms with Crippen molar-refractivity contribution in [1.82, 2.24) is 20.3 Å². The second-order valence-corrected chi connectivity index (χ2v) is 7.50. The number of carbonyl (C=O) groups excluding carboxylic acids is 2. The van der Waals surface area contributed by atoms with Crippen molar-refractivity contribution in [2.75, 3.05) is 26.7 Å². The molecule has 1 N–H and O–H groups in total. The number of rotatable bonds is 6. The van der Waals surface area contributed by atoms with Crippen LogP contribution in [-0.4, -0.2) is 59.5 Å². The molecule has 27 heavy (non-hydrogen) atoms. The van der Waals surface area contributed by atoms with Gasteiger partial charge in [-0.3, -0.25) is 9.59 Å². The van der Waals surface area contributed by atoms with Gasteiger partial charge in [-0.25, -0.2) is 0 Å². The molecule has 0 saturated carbocycles. The number of nitrogens with one attached hydrogen (secondary N) is 1. The Kier molecular flexibility index (Phi) is 7.83. The normalized spacial score (nSPS) is 21.5. The first kappa shape index (κ1) is 21.4. The van der Waals surface area contributed by atoms with Crippen LogP contribution in [0.4, 0.5) is 0 Å². The summed E-state index contributed by atoms with van der Waals surface area (Å²) in [6.45, 7) is 10.5. The minimum Gasteiger partial charge on any atom is -0.361 e. The molecule has 2 amide bonds. The molecule has 1 aliphatic heterocycles. The topological polar surface area (TPSA) is 78.7 Å². The highest BCUT2D eigenvalue weighted by molar-refractivity contribution is 5.85. The lowest BCUT2D eigenvalue weighted by molar-refractivity contribution is -0.140. The van der Waals surface area contributed by atoms with Gasteiger partial charge in [-0.15, -0.1) is 0 Å². The summed E-state index contributed by atoms with van der Waals surface area (Å²) in [5, 5.41) is 7.55. The fraction of sp³-hybridized carbons (Fsp3) is 0.750. The Bertz CT molecular complexity index is 620. The van der Waals surface area contributed by atoms with Crippen molar-refractivity contribution in [2.45, 2.75) is 66.0 Å². The van der Waals surface area contributed by atoms with Crippen LogP contribution in [0.3, 0.4) is 0 Å². The van der Waals surface area contributed by atoms with E-state index in [1.54, 1.807) is 4.90 Å². The zero-order valence-electron chi connectivity index (χ0n) is 17.4.